The maximum atomic E-state index is 13.3. The third kappa shape index (κ3) is 5.04. The van der Waals surface area contributed by atoms with Crippen LogP contribution in [0.3, 0.4) is 0 Å². The quantitative estimate of drug-likeness (QED) is 0.471. The van der Waals surface area contributed by atoms with Crippen molar-refractivity contribution in [2.75, 3.05) is 26.8 Å². The molecule has 0 bridgehead atoms. The van der Waals surface area contributed by atoms with E-state index < -0.39 is 0 Å². The van der Waals surface area contributed by atoms with Gasteiger partial charge in [0.15, 0.2) is 0 Å². The Morgan fingerprint density at radius 3 is 2.59 bits per heavy atom. The van der Waals surface area contributed by atoms with Gasteiger partial charge in [-0.15, -0.1) is 0 Å². The topological polar surface area (TPSA) is 98.8 Å². The molecule has 0 aromatic carbocycles. The molecule has 4 rings (SSSR count). The van der Waals surface area contributed by atoms with E-state index in [0.29, 0.717) is 56.9 Å². The normalized spacial score (nSPS) is 15.2. The van der Waals surface area contributed by atoms with Crippen molar-refractivity contribution in [2.24, 2.45) is 4.99 Å². The van der Waals surface area contributed by atoms with Gasteiger partial charge in [0.25, 0.3) is 5.56 Å². The van der Waals surface area contributed by atoms with E-state index in [1.807, 2.05) is 24.0 Å². The molecule has 0 saturated carbocycles. The Labute approximate surface area is 199 Å². The van der Waals surface area contributed by atoms with E-state index in [1.54, 1.807) is 17.9 Å². The Hall–Kier alpha value is -3.07. The molecule has 2 aromatic heterocycles. The number of aromatic nitrogens is 3. The molecule has 9 heteroatoms. The van der Waals surface area contributed by atoms with Crippen LogP contribution in [0, 0.1) is 0 Å². The van der Waals surface area contributed by atoms with Crippen LogP contribution in [0.2, 0.25) is 0 Å². The van der Waals surface area contributed by atoms with Crippen molar-refractivity contribution < 1.29 is 9.53 Å². The van der Waals surface area contributed by atoms with Gasteiger partial charge >= 0.3 is 5.69 Å². The van der Waals surface area contributed by atoms with Crippen LogP contribution in [-0.4, -0.2) is 57.4 Å². The van der Waals surface area contributed by atoms with Crippen LogP contribution in [0.5, 0.6) is 0 Å². The van der Waals surface area contributed by atoms with Crippen LogP contribution in [0.15, 0.2) is 32.9 Å². The number of pyridine rings is 1. The highest BCUT2D eigenvalue weighted by molar-refractivity contribution is 6.05. The molecule has 1 fully saturated rings. The summed E-state index contributed by atoms with van der Waals surface area (Å²) in [6, 6.07) is 3.96. The van der Waals surface area contributed by atoms with Gasteiger partial charge in [-0.3, -0.25) is 23.7 Å². The fourth-order valence-electron chi connectivity index (χ4n) is 4.65. The number of hydrogen-bond acceptors (Lipinski definition) is 6. The van der Waals surface area contributed by atoms with Gasteiger partial charge in [-0.1, -0.05) is 6.92 Å². The number of aryl methyl sites for hydroxylation is 1. The third-order valence-corrected chi connectivity index (χ3v) is 6.44. The average molecular weight is 468 g/mol. The van der Waals surface area contributed by atoms with Crippen molar-refractivity contribution in [2.45, 2.75) is 65.0 Å². The van der Waals surface area contributed by atoms with E-state index in [-0.39, 0.29) is 17.2 Å². The fourth-order valence-corrected chi connectivity index (χ4v) is 4.65. The summed E-state index contributed by atoms with van der Waals surface area (Å²) in [5.74, 6) is 0.628. The SMILES string of the molecule is CCCn1c2c(c(=O)n(CCCN3CCCC3=O)c1=O)CC(c1ccc(CCCOC)nc1)=N2. The lowest BCUT2D eigenvalue weighted by Gasteiger charge is -2.17. The zero-order valence-corrected chi connectivity index (χ0v) is 20.1. The molecule has 0 radical (unpaired) electrons. The van der Waals surface area contributed by atoms with Crippen molar-refractivity contribution in [3.63, 3.8) is 0 Å². The highest BCUT2D eigenvalue weighted by Crippen LogP contribution is 2.25. The molecule has 34 heavy (non-hydrogen) atoms. The number of rotatable bonds is 11. The molecule has 182 valence electrons. The zero-order valence-electron chi connectivity index (χ0n) is 20.1. The number of carbonyl (C=O) groups excluding carboxylic acids is 1. The summed E-state index contributed by atoms with van der Waals surface area (Å²) in [4.78, 5) is 49.4. The lowest BCUT2D eigenvalue weighted by atomic mass is 10.1. The highest BCUT2D eigenvalue weighted by atomic mass is 16.5. The zero-order chi connectivity index (χ0) is 24.1. The molecule has 4 heterocycles. The van der Waals surface area contributed by atoms with Gasteiger partial charge in [0.05, 0.1) is 11.3 Å². The van der Waals surface area contributed by atoms with Gasteiger partial charge in [0, 0.05) is 70.2 Å². The molecule has 2 aromatic rings. The van der Waals surface area contributed by atoms with Crippen molar-refractivity contribution in [1.82, 2.24) is 19.0 Å². The first-order chi connectivity index (χ1) is 16.5. The largest absolute Gasteiger partial charge is 0.385 e. The number of fused-ring (bicyclic) bond motifs is 1. The van der Waals surface area contributed by atoms with Crippen LogP contribution >= 0.6 is 0 Å². The molecule has 0 aliphatic carbocycles. The Morgan fingerprint density at radius 1 is 1.06 bits per heavy atom. The summed E-state index contributed by atoms with van der Waals surface area (Å²) < 4.78 is 8.04. The number of nitrogens with zero attached hydrogens (tertiary/aromatic N) is 5. The Balaban J connectivity index is 1.55. The first-order valence-electron chi connectivity index (χ1n) is 12.2. The van der Waals surface area contributed by atoms with Crippen LogP contribution in [-0.2, 0) is 35.5 Å². The van der Waals surface area contributed by atoms with Crippen LogP contribution < -0.4 is 11.2 Å². The molecule has 9 nitrogen and oxygen atoms in total. The highest BCUT2D eigenvalue weighted by Gasteiger charge is 2.26. The standard InChI is InChI=1S/C25H33N5O4/c1-3-11-29-23-20(16-21(27-23)18-9-10-19(26-17-18)7-5-15-34-2)24(32)30(25(29)33)14-6-13-28-12-4-8-22(28)31/h9-10,17H,3-8,11-16H2,1-2H3. The smallest absolute Gasteiger partial charge is 0.332 e. The molecule has 1 amide bonds. The summed E-state index contributed by atoms with van der Waals surface area (Å²) in [6.45, 7) is 4.82. The average Bonchev–Trinajstić information content (AvgIpc) is 3.46. The van der Waals surface area contributed by atoms with E-state index >= 15 is 0 Å². The minimum atomic E-state index is -0.324. The van der Waals surface area contributed by atoms with E-state index in [9.17, 15) is 14.4 Å². The molecule has 0 N–H and O–H groups in total. The van der Waals surface area contributed by atoms with Crippen molar-refractivity contribution >= 4 is 17.4 Å². The minimum Gasteiger partial charge on any atom is -0.385 e. The van der Waals surface area contributed by atoms with Crippen LogP contribution in [0.1, 0.15) is 55.8 Å². The monoisotopic (exact) mass is 467 g/mol. The van der Waals surface area contributed by atoms with Crippen molar-refractivity contribution in [3.8, 4) is 0 Å². The van der Waals surface area contributed by atoms with Gasteiger partial charge in [-0.2, -0.15) is 0 Å². The second-order valence-corrected chi connectivity index (χ2v) is 8.90. The molecule has 0 unspecified atom stereocenters. The third-order valence-electron chi connectivity index (χ3n) is 6.44. The number of amides is 1. The Bertz CT molecular complexity index is 1180. The molecule has 1 saturated heterocycles. The molecule has 2 aliphatic heterocycles. The summed E-state index contributed by atoms with van der Waals surface area (Å²) in [7, 11) is 1.69. The molecule has 2 aliphatic rings. The second-order valence-electron chi connectivity index (χ2n) is 8.90. The number of carbonyl (C=O) groups is 1. The van der Waals surface area contributed by atoms with E-state index in [4.69, 9.17) is 9.73 Å². The maximum absolute atomic E-state index is 13.3. The molecule has 0 atom stereocenters. The summed E-state index contributed by atoms with van der Waals surface area (Å²) in [6.07, 6.45) is 6.72. The first kappa shape index (κ1) is 24.1. The summed E-state index contributed by atoms with van der Waals surface area (Å²) in [5.41, 5.74) is 2.56. The van der Waals surface area contributed by atoms with Crippen LogP contribution in [0.4, 0.5) is 5.82 Å². The minimum absolute atomic E-state index is 0.154. The van der Waals surface area contributed by atoms with Crippen molar-refractivity contribution in [3.05, 3.63) is 56.0 Å². The lowest BCUT2D eigenvalue weighted by molar-refractivity contribution is -0.127. The van der Waals surface area contributed by atoms with E-state index in [0.717, 1.165) is 49.2 Å². The summed E-state index contributed by atoms with van der Waals surface area (Å²) >= 11 is 0. The van der Waals surface area contributed by atoms with Gasteiger partial charge in [-0.05, 0) is 44.2 Å². The van der Waals surface area contributed by atoms with E-state index in [1.165, 1.54) is 4.57 Å². The number of likely N-dealkylation sites (tertiary alicyclic amines) is 1. The molecule has 0 spiro atoms. The van der Waals surface area contributed by atoms with Crippen LogP contribution in [0.25, 0.3) is 0 Å². The Morgan fingerprint density at radius 2 is 1.91 bits per heavy atom. The van der Waals surface area contributed by atoms with Gasteiger partial charge < -0.3 is 9.64 Å². The van der Waals surface area contributed by atoms with E-state index in [2.05, 4.69) is 4.98 Å². The van der Waals surface area contributed by atoms with Gasteiger partial charge in [0.1, 0.15) is 5.82 Å². The lowest BCUT2D eigenvalue weighted by Crippen LogP contribution is -2.42. The number of ether oxygens (including phenoxy) is 1. The summed E-state index contributed by atoms with van der Waals surface area (Å²) in [5, 5.41) is 0. The number of hydrogen-bond donors (Lipinski definition) is 0. The molecular weight excluding hydrogens is 434 g/mol. The van der Waals surface area contributed by atoms with Gasteiger partial charge in [-0.25, -0.2) is 9.79 Å². The second kappa shape index (κ2) is 10.9. The Kier molecular flexibility index (Phi) is 7.72. The first-order valence-corrected chi connectivity index (χ1v) is 12.2. The fraction of sp³-hybridized carbons (Fsp3) is 0.560. The maximum Gasteiger partial charge on any atom is 0.332 e. The van der Waals surface area contributed by atoms with Gasteiger partial charge in [0.2, 0.25) is 5.91 Å². The van der Waals surface area contributed by atoms with Crippen molar-refractivity contribution in [1.29, 1.82) is 0 Å². The predicted octanol–water partition coefficient (Wildman–Crippen LogP) is 2.08. The molecular formula is C25H33N5O4. The predicted molar refractivity (Wildman–Crippen MR) is 130 cm³/mol. The number of methoxy groups -OCH3 is 1. The number of aliphatic imine (C=N–C) groups is 1.